The number of fused-ring (bicyclic) bond motifs is 1. The van der Waals surface area contributed by atoms with Gasteiger partial charge in [0, 0.05) is 39.3 Å². The summed E-state index contributed by atoms with van der Waals surface area (Å²) >= 11 is 0. The van der Waals surface area contributed by atoms with Gasteiger partial charge in [-0.15, -0.1) is 34.2 Å². The van der Waals surface area contributed by atoms with Crippen LogP contribution in [0.3, 0.4) is 0 Å². The summed E-state index contributed by atoms with van der Waals surface area (Å²) in [6.45, 7) is 2.69. The minimum atomic E-state index is 0. The van der Waals surface area contributed by atoms with E-state index in [1.54, 1.807) is 7.05 Å². The van der Waals surface area contributed by atoms with Crippen molar-refractivity contribution in [1.82, 2.24) is 30.1 Å². The molecular formula is C21H26IN7O. The van der Waals surface area contributed by atoms with Crippen LogP contribution in [0.15, 0.2) is 53.7 Å². The second-order valence-corrected chi connectivity index (χ2v) is 7.06. The Bertz CT molecular complexity index is 1030. The Morgan fingerprint density at radius 2 is 1.93 bits per heavy atom. The molecular weight excluding hydrogens is 493 g/mol. The van der Waals surface area contributed by atoms with Crippen LogP contribution in [0.2, 0.25) is 0 Å². The first-order valence-corrected chi connectivity index (χ1v) is 9.81. The summed E-state index contributed by atoms with van der Waals surface area (Å²) < 4.78 is 1.95. The van der Waals surface area contributed by atoms with Crippen molar-refractivity contribution in [1.29, 1.82) is 0 Å². The van der Waals surface area contributed by atoms with Gasteiger partial charge in [0.1, 0.15) is 0 Å². The molecule has 1 aliphatic rings. The molecule has 1 aromatic carbocycles. The van der Waals surface area contributed by atoms with E-state index >= 15 is 0 Å². The molecule has 0 bridgehead atoms. The van der Waals surface area contributed by atoms with Crippen LogP contribution >= 0.6 is 24.0 Å². The molecule has 1 fully saturated rings. The van der Waals surface area contributed by atoms with E-state index < -0.39 is 0 Å². The number of carbonyl (C=O) groups is 1. The summed E-state index contributed by atoms with van der Waals surface area (Å²) in [5.74, 6) is 1.76. The van der Waals surface area contributed by atoms with Crippen molar-refractivity contribution in [3.05, 3.63) is 65.6 Å². The molecule has 8 nitrogen and oxygen atoms in total. The van der Waals surface area contributed by atoms with Crippen LogP contribution in [0.25, 0.3) is 5.65 Å². The maximum atomic E-state index is 11.8. The summed E-state index contributed by atoms with van der Waals surface area (Å²) in [5, 5.41) is 15.0. The molecule has 0 aliphatic carbocycles. The summed E-state index contributed by atoms with van der Waals surface area (Å²) in [7, 11) is 1.74. The van der Waals surface area contributed by atoms with E-state index in [1.165, 1.54) is 0 Å². The number of halogens is 1. The Balaban J connectivity index is 0.00000256. The maximum Gasteiger partial charge on any atom is 0.222 e. The number of nitrogens with zero attached hydrogens (tertiary/aromatic N) is 5. The SMILES string of the molecule is CN=C(NCc1cccc(CN2CCCC2=O)c1)NCc1nnc2ccccn12.I. The summed E-state index contributed by atoms with van der Waals surface area (Å²) in [4.78, 5) is 18.1. The summed E-state index contributed by atoms with van der Waals surface area (Å²) in [6, 6.07) is 14.1. The third-order valence-electron chi connectivity index (χ3n) is 5.02. The minimum absolute atomic E-state index is 0. The average molecular weight is 519 g/mol. The second kappa shape index (κ2) is 10.4. The molecule has 0 unspecified atom stereocenters. The number of carbonyl (C=O) groups excluding carboxylic acids is 1. The van der Waals surface area contributed by atoms with Crippen LogP contribution in [0, 0.1) is 0 Å². The molecule has 4 rings (SSSR count). The average Bonchev–Trinajstić information content (AvgIpc) is 3.35. The largest absolute Gasteiger partial charge is 0.352 e. The van der Waals surface area contributed by atoms with Crippen molar-refractivity contribution in [2.24, 2.45) is 4.99 Å². The minimum Gasteiger partial charge on any atom is -0.352 e. The highest BCUT2D eigenvalue weighted by molar-refractivity contribution is 14.0. The number of aromatic nitrogens is 3. The van der Waals surface area contributed by atoms with Gasteiger partial charge in [0.05, 0.1) is 6.54 Å². The smallest absolute Gasteiger partial charge is 0.222 e. The van der Waals surface area contributed by atoms with Crippen molar-refractivity contribution in [3.8, 4) is 0 Å². The zero-order valence-electron chi connectivity index (χ0n) is 16.9. The fourth-order valence-electron chi connectivity index (χ4n) is 3.51. The molecule has 30 heavy (non-hydrogen) atoms. The highest BCUT2D eigenvalue weighted by Gasteiger charge is 2.19. The molecule has 3 aromatic rings. The molecule has 2 N–H and O–H groups in total. The number of hydrogen-bond acceptors (Lipinski definition) is 4. The van der Waals surface area contributed by atoms with Gasteiger partial charge in [-0.2, -0.15) is 0 Å². The number of amides is 1. The van der Waals surface area contributed by atoms with E-state index in [0.717, 1.165) is 35.6 Å². The highest BCUT2D eigenvalue weighted by atomic mass is 127. The lowest BCUT2D eigenvalue weighted by molar-refractivity contribution is -0.128. The molecule has 0 atom stereocenters. The predicted octanol–water partition coefficient (Wildman–Crippen LogP) is 2.33. The van der Waals surface area contributed by atoms with Gasteiger partial charge < -0.3 is 15.5 Å². The lowest BCUT2D eigenvalue weighted by atomic mass is 10.1. The zero-order valence-corrected chi connectivity index (χ0v) is 19.2. The van der Waals surface area contributed by atoms with Crippen molar-refractivity contribution < 1.29 is 4.79 Å². The first-order valence-electron chi connectivity index (χ1n) is 9.81. The van der Waals surface area contributed by atoms with E-state index in [4.69, 9.17) is 0 Å². The van der Waals surface area contributed by atoms with Crippen LogP contribution in [-0.4, -0.2) is 45.0 Å². The van der Waals surface area contributed by atoms with Gasteiger partial charge in [-0.3, -0.25) is 14.2 Å². The Hall–Kier alpha value is -2.69. The number of rotatable bonds is 6. The Morgan fingerprint density at radius 3 is 2.73 bits per heavy atom. The van der Waals surface area contributed by atoms with Gasteiger partial charge in [0.15, 0.2) is 17.4 Å². The number of likely N-dealkylation sites (tertiary alicyclic amines) is 1. The Kier molecular flexibility index (Phi) is 7.61. The Morgan fingerprint density at radius 1 is 1.10 bits per heavy atom. The van der Waals surface area contributed by atoms with Crippen LogP contribution in [0.5, 0.6) is 0 Å². The van der Waals surface area contributed by atoms with Crippen molar-refractivity contribution in [2.45, 2.75) is 32.5 Å². The van der Waals surface area contributed by atoms with Gasteiger partial charge in [-0.1, -0.05) is 30.3 Å². The first-order chi connectivity index (χ1) is 14.2. The lowest BCUT2D eigenvalue weighted by Gasteiger charge is -2.16. The topological polar surface area (TPSA) is 86.9 Å². The molecule has 9 heteroatoms. The summed E-state index contributed by atoms with van der Waals surface area (Å²) in [6.07, 6.45) is 3.58. The number of aliphatic imine (C=N–C) groups is 1. The van der Waals surface area contributed by atoms with Crippen LogP contribution in [-0.2, 0) is 24.4 Å². The molecule has 0 radical (unpaired) electrons. The number of pyridine rings is 1. The molecule has 2 aromatic heterocycles. The van der Waals surface area contributed by atoms with Gasteiger partial charge in [0.2, 0.25) is 5.91 Å². The lowest BCUT2D eigenvalue weighted by Crippen LogP contribution is -2.36. The summed E-state index contributed by atoms with van der Waals surface area (Å²) in [5.41, 5.74) is 3.11. The molecule has 158 valence electrons. The maximum absolute atomic E-state index is 11.8. The van der Waals surface area contributed by atoms with Crippen LogP contribution in [0.1, 0.15) is 29.8 Å². The van der Waals surface area contributed by atoms with Gasteiger partial charge >= 0.3 is 0 Å². The fraction of sp³-hybridized carbons (Fsp3) is 0.333. The molecule has 3 heterocycles. The normalized spacial score (nSPS) is 14.1. The third-order valence-corrected chi connectivity index (χ3v) is 5.02. The van der Waals surface area contributed by atoms with Crippen molar-refractivity contribution in [2.75, 3.05) is 13.6 Å². The fourth-order valence-corrected chi connectivity index (χ4v) is 3.51. The van der Waals surface area contributed by atoms with Gasteiger partial charge in [0.25, 0.3) is 0 Å². The van der Waals surface area contributed by atoms with Gasteiger partial charge in [-0.25, -0.2) is 0 Å². The molecule has 1 saturated heterocycles. The number of benzene rings is 1. The quantitative estimate of drug-likeness (QED) is 0.297. The Labute approximate surface area is 192 Å². The van der Waals surface area contributed by atoms with Crippen LogP contribution in [0.4, 0.5) is 0 Å². The highest BCUT2D eigenvalue weighted by Crippen LogP contribution is 2.15. The van der Waals surface area contributed by atoms with E-state index in [1.807, 2.05) is 39.8 Å². The third kappa shape index (κ3) is 5.26. The number of nitrogens with one attached hydrogen (secondary N) is 2. The zero-order chi connectivity index (χ0) is 20.1. The molecule has 1 amide bonds. The van der Waals surface area contributed by atoms with E-state index in [-0.39, 0.29) is 29.9 Å². The molecule has 1 aliphatic heterocycles. The van der Waals surface area contributed by atoms with Gasteiger partial charge in [-0.05, 0) is 29.7 Å². The second-order valence-electron chi connectivity index (χ2n) is 7.06. The number of hydrogen-bond donors (Lipinski definition) is 2. The first kappa shape index (κ1) is 22.0. The van der Waals surface area contributed by atoms with Crippen LogP contribution < -0.4 is 10.6 Å². The standard InChI is InChI=1S/C21H25N7O.HI/c1-22-21(24-14-19-26-25-18-8-2-3-11-28(18)19)23-13-16-6-4-7-17(12-16)15-27-10-5-9-20(27)29;/h2-4,6-8,11-12H,5,9-10,13-15H2,1H3,(H2,22,23,24);1H. The van der Waals surface area contributed by atoms with Crippen molar-refractivity contribution >= 4 is 41.5 Å². The monoisotopic (exact) mass is 519 g/mol. The predicted molar refractivity (Wildman–Crippen MR) is 127 cm³/mol. The van der Waals surface area contributed by atoms with E-state index in [9.17, 15) is 4.79 Å². The molecule has 0 spiro atoms. The number of guanidine groups is 1. The van der Waals surface area contributed by atoms with E-state index in [2.05, 4.69) is 44.0 Å². The molecule has 0 saturated carbocycles. The van der Waals surface area contributed by atoms with Crippen molar-refractivity contribution in [3.63, 3.8) is 0 Å². The van der Waals surface area contributed by atoms with E-state index in [0.29, 0.717) is 32.0 Å².